The summed E-state index contributed by atoms with van der Waals surface area (Å²) in [7, 11) is -2.86. The van der Waals surface area contributed by atoms with Gasteiger partial charge in [-0.1, -0.05) is 6.92 Å². The Morgan fingerprint density at radius 2 is 1.86 bits per heavy atom. The zero-order valence-corrected chi connectivity index (χ0v) is 11.4. The molecule has 0 aliphatic heterocycles. The molecule has 0 amide bonds. The molecule has 2 nitrogen and oxygen atoms in total. The Hall–Kier alpha value is 0.590. The van der Waals surface area contributed by atoms with Crippen LogP contribution in [0.3, 0.4) is 0 Å². The van der Waals surface area contributed by atoms with E-state index in [1.165, 1.54) is 0 Å². The van der Waals surface area contributed by atoms with Gasteiger partial charge in [0.05, 0.1) is 11.0 Å². The molecule has 0 saturated carbocycles. The molecule has 0 bridgehead atoms. The zero-order chi connectivity index (χ0) is 11.2. The highest BCUT2D eigenvalue weighted by atomic mass is 35.5. The Morgan fingerprint density at radius 3 is 2.29 bits per heavy atom. The topological polar surface area (TPSA) is 34.1 Å². The molecule has 0 aromatic rings. The van der Waals surface area contributed by atoms with E-state index in [-0.39, 0.29) is 11.0 Å². The molecule has 0 N–H and O–H groups in total. The maximum atomic E-state index is 11.4. The van der Waals surface area contributed by atoms with Crippen LogP contribution in [0.25, 0.3) is 0 Å². The molecule has 14 heavy (non-hydrogen) atoms. The maximum absolute atomic E-state index is 11.4. The summed E-state index contributed by atoms with van der Waals surface area (Å²) in [6.45, 7) is 5.53. The summed E-state index contributed by atoms with van der Waals surface area (Å²) in [6.07, 6.45) is 0.938. The lowest BCUT2D eigenvalue weighted by Gasteiger charge is -2.10. The van der Waals surface area contributed by atoms with Crippen molar-refractivity contribution < 1.29 is 8.42 Å². The molecule has 0 aromatic heterocycles. The summed E-state index contributed by atoms with van der Waals surface area (Å²) in [5, 5.41) is 0.196. The minimum Gasteiger partial charge on any atom is -0.229 e. The van der Waals surface area contributed by atoms with Gasteiger partial charge < -0.3 is 0 Å². The van der Waals surface area contributed by atoms with E-state index in [1.54, 1.807) is 25.6 Å². The largest absolute Gasteiger partial charge is 0.229 e. The highest BCUT2D eigenvalue weighted by Gasteiger charge is 2.15. The van der Waals surface area contributed by atoms with Crippen molar-refractivity contribution >= 4 is 33.2 Å². The number of thioether (sulfide) groups is 1. The van der Waals surface area contributed by atoms with Crippen LogP contribution < -0.4 is 0 Å². The summed E-state index contributed by atoms with van der Waals surface area (Å²) in [5.74, 6) is 1.60. The minimum atomic E-state index is -2.86. The molecule has 0 saturated heterocycles. The SMILES string of the molecule is CC(CCCl)SCCS(=O)(=O)C(C)C. The fourth-order valence-electron chi connectivity index (χ4n) is 0.838. The van der Waals surface area contributed by atoms with Crippen molar-refractivity contribution in [3.63, 3.8) is 0 Å². The molecule has 0 aliphatic carbocycles. The second kappa shape index (κ2) is 6.96. The molecule has 0 spiro atoms. The van der Waals surface area contributed by atoms with Crippen molar-refractivity contribution in [1.82, 2.24) is 0 Å². The van der Waals surface area contributed by atoms with E-state index < -0.39 is 9.84 Å². The summed E-state index contributed by atoms with van der Waals surface area (Å²) in [6, 6.07) is 0. The van der Waals surface area contributed by atoms with Gasteiger partial charge >= 0.3 is 0 Å². The van der Waals surface area contributed by atoms with Gasteiger partial charge in [0.2, 0.25) is 0 Å². The smallest absolute Gasteiger partial charge is 0.153 e. The van der Waals surface area contributed by atoms with Crippen LogP contribution in [0.15, 0.2) is 0 Å². The molecular weight excluding hydrogens is 240 g/mol. The van der Waals surface area contributed by atoms with Crippen molar-refractivity contribution in [3.8, 4) is 0 Å². The average Bonchev–Trinajstić information content (AvgIpc) is 2.04. The van der Waals surface area contributed by atoms with E-state index in [4.69, 9.17) is 11.6 Å². The van der Waals surface area contributed by atoms with E-state index in [0.29, 0.717) is 16.9 Å². The molecule has 0 aromatic carbocycles. The predicted octanol–water partition coefficient (Wildman–Crippen LogP) is 2.56. The molecule has 0 aliphatic rings. The number of sulfone groups is 1. The third kappa shape index (κ3) is 6.14. The van der Waals surface area contributed by atoms with Gasteiger partial charge in [0.15, 0.2) is 9.84 Å². The van der Waals surface area contributed by atoms with Gasteiger partial charge in [-0.25, -0.2) is 8.42 Å². The number of hydrogen-bond acceptors (Lipinski definition) is 3. The average molecular weight is 259 g/mol. The van der Waals surface area contributed by atoms with Gasteiger partial charge in [-0.2, -0.15) is 11.8 Å². The van der Waals surface area contributed by atoms with Crippen LogP contribution in [0.1, 0.15) is 27.2 Å². The van der Waals surface area contributed by atoms with Gasteiger partial charge in [-0.15, -0.1) is 11.6 Å². The van der Waals surface area contributed by atoms with Crippen molar-refractivity contribution in [2.75, 3.05) is 17.4 Å². The Morgan fingerprint density at radius 1 is 1.29 bits per heavy atom. The van der Waals surface area contributed by atoms with Crippen molar-refractivity contribution in [3.05, 3.63) is 0 Å². The molecular formula is C9H19ClO2S2. The van der Waals surface area contributed by atoms with Crippen LogP contribution in [-0.2, 0) is 9.84 Å². The highest BCUT2D eigenvalue weighted by molar-refractivity contribution is 8.01. The highest BCUT2D eigenvalue weighted by Crippen LogP contribution is 2.15. The quantitative estimate of drug-likeness (QED) is 0.659. The first-order chi connectivity index (χ1) is 6.40. The predicted molar refractivity (Wildman–Crippen MR) is 66.2 cm³/mol. The standard InChI is InChI=1S/C9H19ClO2S2/c1-8(2)14(11,12)7-6-13-9(3)4-5-10/h8-9H,4-7H2,1-3H3. The van der Waals surface area contributed by atoms with Crippen LogP contribution in [0.4, 0.5) is 0 Å². The summed E-state index contributed by atoms with van der Waals surface area (Å²) >= 11 is 7.27. The van der Waals surface area contributed by atoms with Gasteiger partial charge in [-0.05, 0) is 20.3 Å². The summed E-state index contributed by atoms with van der Waals surface area (Å²) < 4.78 is 22.9. The van der Waals surface area contributed by atoms with Gasteiger partial charge in [0.25, 0.3) is 0 Å². The lowest BCUT2D eigenvalue weighted by Crippen LogP contribution is -2.19. The molecule has 1 atom stereocenters. The number of rotatable bonds is 7. The van der Waals surface area contributed by atoms with E-state index in [1.807, 2.05) is 0 Å². The van der Waals surface area contributed by atoms with Crippen molar-refractivity contribution in [2.24, 2.45) is 0 Å². The zero-order valence-electron chi connectivity index (χ0n) is 8.99. The summed E-state index contributed by atoms with van der Waals surface area (Å²) in [4.78, 5) is 0. The Kier molecular flexibility index (Phi) is 7.26. The van der Waals surface area contributed by atoms with E-state index in [2.05, 4.69) is 6.92 Å². The first-order valence-corrected chi connectivity index (χ1v) is 8.09. The van der Waals surface area contributed by atoms with Crippen LogP contribution in [0, 0.1) is 0 Å². The fraction of sp³-hybridized carbons (Fsp3) is 1.00. The molecule has 86 valence electrons. The normalized spacial score (nSPS) is 14.6. The van der Waals surface area contributed by atoms with Crippen LogP contribution in [0.5, 0.6) is 0 Å². The van der Waals surface area contributed by atoms with Gasteiger partial charge in [0, 0.05) is 16.9 Å². The van der Waals surface area contributed by atoms with Gasteiger partial charge in [0.1, 0.15) is 0 Å². The molecule has 0 fully saturated rings. The van der Waals surface area contributed by atoms with E-state index in [0.717, 1.165) is 6.42 Å². The maximum Gasteiger partial charge on any atom is 0.153 e. The molecule has 1 unspecified atom stereocenters. The van der Waals surface area contributed by atoms with E-state index >= 15 is 0 Å². The number of halogens is 1. The van der Waals surface area contributed by atoms with E-state index in [9.17, 15) is 8.42 Å². The molecule has 0 heterocycles. The molecule has 0 rings (SSSR count). The third-order valence-corrected chi connectivity index (χ3v) is 5.93. The Balaban J connectivity index is 3.74. The lowest BCUT2D eigenvalue weighted by molar-refractivity contribution is 0.589. The van der Waals surface area contributed by atoms with Crippen molar-refractivity contribution in [1.29, 1.82) is 0 Å². The number of hydrogen-bond donors (Lipinski definition) is 0. The molecule has 5 heteroatoms. The first-order valence-electron chi connectivity index (χ1n) is 4.79. The van der Waals surface area contributed by atoms with Crippen molar-refractivity contribution in [2.45, 2.75) is 37.7 Å². The Labute approximate surface area is 96.7 Å². The number of alkyl halides is 1. The first kappa shape index (κ1) is 14.6. The van der Waals surface area contributed by atoms with Crippen LogP contribution in [-0.4, -0.2) is 36.3 Å². The minimum absolute atomic E-state index is 0.258. The second-order valence-corrected chi connectivity index (χ2v) is 8.18. The molecule has 0 radical (unpaired) electrons. The summed E-state index contributed by atoms with van der Waals surface area (Å²) in [5.41, 5.74) is 0. The Bertz CT molecular complexity index is 237. The fourth-order valence-corrected chi connectivity index (χ4v) is 3.77. The monoisotopic (exact) mass is 258 g/mol. The van der Waals surface area contributed by atoms with Gasteiger partial charge in [-0.3, -0.25) is 0 Å². The third-order valence-electron chi connectivity index (χ3n) is 2.00. The van der Waals surface area contributed by atoms with Crippen LogP contribution >= 0.6 is 23.4 Å². The van der Waals surface area contributed by atoms with Crippen LogP contribution in [0.2, 0.25) is 0 Å². The lowest BCUT2D eigenvalue weighted by atomic mass is 10.4. The second-order valence-electron chi connectivity index (χ2n) is 3.57.